The molecule has 0 spiro atoms. The highest BCUT2D eigenvalue weighted by Gasteiger charge is 2.31. The molecule has 5 N–H and O–H groups in total. The molecule has 0 fully saturated rings. The van der Waals surface area contributed by atoms with Crippen molar-refractivity contribution < 1.29 is 45.7 Å². The lowest BCUT2D eigenvalue weighted by Gasteiger charge is -2.09. The number of alkyl halides is 6. The number of amidine groups is 2. The number of hydrogen-bond acceptors (Lipinski definition) is 6. The molecule has 0 saturated carbocycles. The molecule has 47 heavy (non-hydrogen) atoms. The van der Waals surface area contributed by atoms with E-state index in [1.165, 1.54) is 55.6 Å². The maximum atomic E-state index is 12.1. The fraction of sp³-hybridized carbons (Fsp3) is 0.161. The van der Waals surface area contributed by atoms with Crippen molar-refractivity contribution in [2.45, 2.75) is 25.8 Å². The number of methoxy groups -OCH3 is 1. The fourth-order valence-corrected chi connectivity index (χ4v) is 4.24. The molecule has 0 amide bonds. The summed E-state index contributed by atoms with van der Waals surface area (Å²) in [6, 6.07) is 19.8. The number of phenolic OH excluding ortho intramolecular Hbond substituents is 1. The molecule has 8 nitrogen and oxygen atoms in total. The Morgan fingerprint density at radius 3 is 1.43 bits per heavy atom. The first kappa shape index (κ1) is 36.6. The number of phenols is 1. The first-order valence-electron chi connectivity index (χ1n) is 13.1. The summed E-state index contributed by atoms with van der Waals surface area (Å²) >= 11 is 11.8. The van der Waals surface area contributed by atoms with Crippen LogP contribution >= 0.6 is 23.2 Å². The van der Waals surface area contributed by atoms with E-state index in [0.717, 1.165) is 17.7 Å². The van der Waals surface area contributed by atoms with Gasteiger partial charge < -0.3 is 30.8 Å². The van der Waals surface area contributed by atoms with Crippen molar-refractivity contribution in [1.29, 1.82) is 0 Å². The van der Waals surface area contributed by atoms with E-state index in [-0.39, 0.29) is 42.0 Å². The standard InChI is InChI=1S/C16H14ClF3N2O2.C15H12ClF3N2O2/c1-23-14-7-10(6-12(17)8-14)9-22-15(21)11-2-4-13(5-3-11)24-16(18,19)20;16-11-5-9(6-12(22)7-11)8-21-14(20)10-1-3-13(4-2-10)23-15(17,18)19/h2-8H,9H2,1H3,(H2,21,22);1-7,22H,8H2,(H2,20,21)/i1-1;. The summed E-state index contributed by atoms with van der Waals surface area (Å²) in [6.45, 7) is 0.421. The Kier molecular flexibility index (Phi) is 12.6. The number of nitrogens with zero attached hydrogens (tertiary/aromatic N) is 2. The quantitative estimate of drug-likeness (QED) is 0.0923. The largest absolute Gasteiger partial charge is 0.573 e. The Bertz CT molecular complexity index is 1680. The van der Waals surface area contributed by atoms with E-state index in [4.69, 9.17) is 39.4 Å². The van der Waals surface area contributed by atoms with Gasteiger partial charge in [-0.3, -0.25) is 9.98 Å². The third-order valence-corrected chi connectivity index (χ3v) is 6.18. The molecule has 0 aliphatic carbocycles. The number of benzene rings is 4. The molecule has 0 saturated heterocycles. The zero-order chi connectivity index (χ0) is 34.8. The third kappa shape index (κ3) is 13.2. The number of ether oxygens (including phenoxy) is 3. The van der Waals surface area contributed by atoms with Crippen molar-refractivity contribution in [3.8, 4) is 23.0 Å². The topological polar surface area (TPSA) is 125 Å². The Balaban J connectivity index is 0.000000256. The minimum Gasteiger partial charge on any atom is -0.508 e. The van der Waals surface area contributed by atoms with Crippen molar-refractivity contribution in [1.82, 2.24) is 0 Å². The van der Waals surface area contributed by atoms with Crippen molar-refractivity contribution in [3.05, 3.63) is 117 Å². The minimum absolute atomic E-state index is 0.00919. The molecule has 4 aromatic rings. The highest BCUT2D eigenvalue weighted by Crippen LogP contribution is 2.25. The molecule has 250 valence electrons. The predicted octanol–water partition coefficient (Wildman–Crippen LogP) is 8.00. The van der Waals surface area contributed by atoms with Crippen LogP contribution in [0.1, 0.15) is 22.3 Å². The Labute approximate surface area is 274 Å². The molecule has 0 bridgehead atoms. The third-order valence-electron chi connectivity index (χ3n) is 5.74. The Morgan fingerprint density at radius 2 is 1.04 bits per heavy atom. The van der Waals surface area contributed by atoms with E-state index >= 15 is 0 Å². The maximum absolute atomic E-state index is 12.1. The Hall–Kier alpha value is -4.82. The van der Waals surface area contributed by atoms with E-state index in [0.29, 0.717) is 32.5 Å². The molecule has 4 aromatic carbocycles. The molecule has 0 radical (unpaired) electrons. The van der Waals surface area contributed by atoms with E-state index in [1.807, 2.05) is 0 Å². The van der Waals surface area contributed by atoms with Gasteiger partial charge in [0.05, 0.1) is 20.2 Å². The summed E-state index contributed by atoms with van der Waals surface area (Å²) in [5, 5.41) is 10.3. The van der Waals surface area contributed by atoms with E-state index in [9.17, 15) is 31.4 Å². The van der Waals surface area contributed by atoms with Gasteiger partial charge in [-0.25, -0.2) is 0 Å². The molecule has 4 rings (SSSR count). The molecule has 0 unspecified atom stereocenters. The van der Waals surface area contributed by atoms with E-state index < -0.39 is 12.7 Å². The molecular weight excluding hydrogens is 676 g/mol. The molecule has 0 heterocycles. The first-order chi connectivity index (χ1) is 22.0. The molecular formula is C31H26Cl2F6N4O4. The predicted molar refractivity (Wildman–Crippen MR) is 166 cm³/mol. The highest BCUT2D eigenvalue weighted by atomic mass is 35.5. The normalized spacial score (nSPS) is 12.2. The van der Waals surface area contributed by atoms with Crippen LogP contribution in [0.15, 0.2) is 94.9 Å². The minimum atomic E-state index is -4.74. The van der Waals surface area contributed by atoms with Gasteiger partial charge in [-0.15, -0.1) is 26.3 Å². The van der Waals surface area contributed by atoms with Crippen LogP contribution in [0.3, 0.4) is 0 Å². The number of rotatable bonds is 9. The molecule has 0 aliphatic heterocycles. The van der Waals surface area contributed by atoms with Crippen molar-refractivity contribution in [2.24, 2.45) is 21.5 Å². The van der Waals surface area contributed by atoms with Crippen molar-refractivity contribution >= 4 is 34.9 Å². The number of halogens is 8. The first-order valence-corrected chi connectivity index (χ1v) is 13.9. The van der Waals surface area contributed by atoms with Gasteiger partial charge in [-0.05, 0) is 96.1 Å². The van der Waals surface area contributed by atoms with Crippen LogP contribution in [0, 0.1) is 0 Å². The van der Waals surface area contributed by atoms with Gasteiger partial charge in [0.2, 0.25) is 0 Å². The number of aliphatic imine (C=N–C) groups is 2. The monoisotopic (exact) mass is 701 g/mol. The second kappa shape index (κ2) is 16.1. The number of aromatic hydroxyl groups is 1. The van der Waals surface area contributed by atoms with Crippen LogP contribution in [0.5, 0.6) is 23.0 Å². The van der Waals surface area contributed by atoms with Gasteiger partial charge in [0, 0.05) is 21.2 Å². The smallest absolute Gasteiger partial charge is 0.508 e. The number of hydrogen-bond donors (Lipinski definition) is 3. The van der Waals surface area contributed by atoms with Gasteiger partial charge in [-0.1, -0.05) is 23.2 Å². The SMILES string of the molecule is NC(=NCc1cc(O)cc(Cl)c1)c1ccc(OC(F)(F)F)cc1.[11CH3]Oc1cc(Cl)cc(CN=C(N)c2ccc(OC(F)(F)F)cc2)c1. The molecule has 0 aromatic heterocycles. The zero-order valence-corrected chi connectivity index (χ0v) is 25.8. The van der Waals surface area contributed by atoms with Gasteiger partial charge in [-0.2, -0.15) is 0 Å². The average molecular weight is 702 g/mol. The van der Waals surface area contributed by atoms with Crippen molar-refractivity contribution in [3.63, 3.8) is 0 Å². The summed E-state index contributed by atoms with van der Waals surface area (Å²) in [7, 11) is 1.53. The molecule has 16 heteroatoms. The summed E-state index contributed by atoms with van der Waals surface area (Å²) in [5.74, 6) is 0.276. The number of nitrogens with two attached hydrogens (primary N) is 2. The van der Waals surface area contributed by atoms with Gasteiger partial charge in [0.25, 0.3) is 0 Å². The lowest BCUT2D eigenvalue weighted by molar-refractivity contribution is -0.275. The molecule has 0 atom stereocenters. The summed E-state index contributed by atoms with van der Waals surface area (Å²) in [4.78, 5) is 8.32. The second-order valence-electron chi connectivity index (χ2n) is 9.36. The maximum Gasteiger partial charge on any atom is 0.573 e. The van der Waals surface area contributed by atoms with Crippen LogP contribution in [-0.4, -0.2) is 36.6 Å². The second-order valence-corrected chi connectivity index (χ2v) is 10.2. The lowest BCUT2D eigenvalue weighted by atomic mass is 10.2. The molecule has 0 aliphatic rings. The van der Waals surface area contributed by atoms with Crippen LogP contribution in [0.25, 0.3) is 0 Å². The highest BCUT2D eigenvalue weighted by molar-refractivity contribution is 6.31. The summed E-state index contributed by atoms with van der Waals surface area (Å²) < 4.78 is 85.2. The van der Waals surface area contributed by atoms with Crippen molar-refractivity contribution in [2.75, 3.05) is 7.11 Å². The van der Waals surface area contributed by atoms with Gasteiger partial charge >= 0.3 is 12.7 Å². The van der Waals surface area contributed by atoms with Gasteiger partial charge in [0.1, 0.15) is 34.7 Å². The average Bonchev–Trinajstić information content (AvgIpc) is 2.97. The van der Waals surface area contributed by atoms with Gasteiger partial charge in [0.15, 0.2) is 0 Å². The van der Waals surface area contributed by atoms with E-state index in [1.54, 1.807) is 24.3 Å². The van der Waals surface area contributed by atoms with Crippen LogP contribution < -0.4 is 25.7 Å². The van der Waals surface area contributed by atoms with Crippen LogP contribution in [-0.2, 0) is 13.1 Å². The fourth-order valence-electron chi connectivity index (χ4n) is 3.74. The van der Waals surface area contributed by atoms with E-state index in [2.05, 4.69) is 19.5 Å². The van der Waals surface area contributed by atoms with Crippen LogP contribution in [0.4, 0.5) is 26.3 Å². The summed E-state index contributed by atoms with van der Waals surface area (Å²) in [6.07, 6.45) is -9.47. The van der Waals surface area contributed by atoms with Crippen LogP contribution in [0.2, 0.25) is 10.0 Å². The lowest BCUT2D eigenvalue weighted by Crippen LogP contribution is -2.17. The zero-order valence-electron chi connectivity index (χ0n) is 24.2. The summed E-state index contributed by atoms with van der Waals surface area (Å²) in [5.41, 5.74) is 14.0. The Morgan fingerprint density at radius 1 is 0.638 bits per heavy atom.